The fourth-order valence-electron chi connectivity index (χ4n) is 2.47. The van der Waals surface area contributed by atoms with Crippen LogP contribution in [0.3, 0.4) is 0 Å². The molecule has 0 aliphatic heterocycles. The SMILES string of the molecule is Cc1cc(NC(=O)CN(C)C(C)c2ccc(-n3cncn3)cc2)no1. The van der Waals surface area contributed by atoms with Crippen LogP contribution in [0.4, 0.5) is 5.82 Å². The summed E-state index contributed by atoms with van der Waals surface area (Å²) in [4.78, 5) is 18.0. The van der Waals surface area contributed by atoms with Crippen molar-refractivity contribution in [3.05, 3.63) is 54.3 Å². The van der Waals surface area contributed by atoms with Crippen molar-refractivity contribution < 1.29 is 9.32 Å². The summed E-state index contributed by atoms with van der Waals surface area (Å²) in [7, 11) is 1.91. The number of amides is 1. The van der Waals surface area contributed by atoms with Crippen molar-refractivity contribution in [2.75, 3.05) is 18.9 Å². The lowest BCUT2D eigenvalue weighted by Crippen LogP contribution is -2.32. The zero-order chi connectivity index (χ0) is 17.8. The lowest BCUT2D eigenvalue weighted by Gasteiger charge is -2.24. The number of aryl methyl sites for hydroxylation is 1. The minimum atomic E-state index is -0.137. The van der Waals surface area contributed by atoms with Crippen molar-refractivity contribution in [3.63, 3.8) is 0 Å². The fraction of sp³-hybridized carbons (Fsp3) is 0.294. The Balaban J connectivity index is 1.59. The molecule has 0 fully saturated rings. The average Bonchev–Trinajstić information content (AvgIpc) is 3.26. The van der Waals surface area contributed by atoms with E-state index in [2.05, 4.69) is 27.5 Å². The zero-order valence-corrected chi connectivity index (χ0v) is 14.4. The molecule has 3 aromatic rings. The summed E-state index contributed by atoms with van der Waals surface area (Å²) in [5.41, 5.74) is 2.05. The van der Waals surface area contributed by atoms with Crippen molar-refractivity contribution in [1.29, 1.82) is 0 Å². The number of carbonyl (C=O) groups excluding carboxylic acids is 1. The first-order valence-corrected chi connectivity index (χ1v) is 7.91. The summed E-state index contributed by atoms with van der Waals surface area (Å²) in [5, 5.41) is 10.6. The lowest BCUT2D eigenvalue weighted by atomic mass is 10.1. The highest BCUT2D eigenvalue weighted by atomic mass is 16.5. The predicted octanol–water partition coefficient (Wildman–Crippen LogP) is 2.20. The second-order valence-corrected chi connectivity index (χ2v) is 5.89. The van der Waals surface area contributed by atoms with Gasteiger partial charge in [-0.1, -0.05) is 17.3 Å². The van der Waals surface area contributed by atoms with Crippen molar-refractivity contribution in [3.8, 4) is 5.69 Å². The van der Waals surface area contributed by atoms with Crippen LogP contribution < -0.4 is 5.32 Å². The Bertz CT molecular complexity index is 825. The molecule has 1 amide bonds. The molecule has 1 N–H and O–H groups in total. The molecule has 25 heavy (non-hydrogen) atoms. The zero-order valence-electron chi connectivity index (χ0n) is 14.4. The Labute approximate surface area is 145 Å². The van der Waals surface area contributed by atoms with E-state index in [1.165, 1.54) is 6.33 Å². The second kappa shape index (κ2) is 7.27. The van der Waals surface area contributed by atoms with Crippen LogP contribution in [0.5, 0.6) is 0 Å². The number of nitrogens with one attached hydrogen (secondary N) is 1. The summed E-state index contributed by atoms with van der Waals surface area (Å²) in [6, 6.07) is 9.77. The molecule has 0 saturated heterocycles. The van der Waals surface area contributed by atoms with Crippen LogP contribution >= 0.6 is 0 Å². The van der Waals surface area contributed by atoms with Gasteiger partial charge < -0.3 is 9.84 Å². The monoisotopic (exact) mass is 340 g/mol. The first kappa shape index (κ1) is 16.8. The molecule has 2 aromatic heterocycles. The fourth-order valence-corrected chi connectivity index (χ4v) is 2.47. The molecule has 0 aliphatic rings. The van der Waals surface area contributed by atoms with E-state index in [1.54, 1.807) is 24.0 Å². The summed E-state index contributed by atoms with van der Waals surface area (Å²) in [5.74, 6) is 0.951. The molecule has 1 unspecified atom stereocenters. The number of benzene rings is 1. The molecular formula is C17H20N6O2. The van der Waals surface area contributed by atoms with Gasteiger partial charge >= 0.3 is 0 Å². The Morgan fingerprint density at radius 3 is 2.72 bits per heavy atom. The van der Waals surface area contributed by atoms with Gasteiger partial charge in [0.1, 0.15) is 18.4 Å². The molecule has 8 nitrogen and oxygen atoms in total. The second-order valence-electron chi connectivity index (χ2n) is 5.89. The number of carbonyl (C=O) groups is 1. The standard InChI is InChI=1S/C17H20N6O2/c1-12-8-16(21-25-12)20-17(24)9-22(3)13(2)14-4-6-15(7-5-14)23-11-18-10-19-23/h4-8,10-11,13H,9H2,1-3H3,(H,20,21,24). The third kappa shape index (κ3) is 4.10. The van der Waals surface area contributed by atoms with E-state index in [0.29, 0.717) is 11.6 Å². The van der Waals surface area contributed by atoms with Gasteiger partial charge in [0.15, 0.2) is 5.82 Å². The van der Waals surface area contributed by atoms with E-state index in [0.717, 1.165) is 11.3 Å². The van der Waals surface area contributed by atoms with E-state index in [1.807, 2.05) is 36.2 Å². The van der Waals surface area contributed by atoms with Gasteiger partial charge in [-0.15, -0.1) is 0 Å². The molecule has 0 radical (unpaired) electrons. The highest BCUT2D eigenvalue weighted by Gasteiger charge is 2.16. The van der Waals surface area contributed by atoms with Crippen LogP contribution in [-0.4, -0.2) is 44.3 Å². The van der Waals surface area contributed by atoms with Crippen molar-refractivity contribution >= 4 is 11.7 Å². The average molecular weight is 340 g/mol. The summed E-state index contributed by atoms with van der Waals surface area (Å²) in [6.07, 6.45) is 3.15. The van der Waals surface area contributed by atoms with Crippen LogP contribution in [0, 0.1) is 6.92 Å². The minimum Gasteiger partial charge on any atom is -0.360 e. The molecule has 0 bridgehead atoms. The molecule has 0 spiro atoms. The van der Waals surface area contributed by atoms with Crippen LogP contribution in [0.1, 0.15) is 24.3 Å². The third-order valence-electron chi connectivity index (χ3n) is 4.01. The van der Waals surface area contributed by atoms with Crippen molar-refractivity contribution in [2.45, 2.75) is 19.9 Å². The number of rotatable bonds is 6. The number of nitrogens with zero attached hydrogens (tertiary/aromatic N) is 5. The number of hydrogen-bond donors (Lipinski definition) is 1. The summed E-state index contributed by atoms with van der Waals surface area (Å²) >= 11 is 0. The topological polar surface area (TPSA) is 89.1 Å². The van der Waals surface area contributed by atoms with Gasteiger partial charge in [-0.2, -0.15) is 5.10 Å². The molecule has 2 heterocycles. The van der Waals surface area contributed by atoms with Gasteiger partial charge in [0.25, 0.3) is 0 Å². The highest BCUT2D eigenvalue weighted by Crippen LogP contribution is 2.20. The smallest absolute Gasteiger partial charge is 0.239 e. The number of likely N-dealkylation sites (N-methyl/N-ethyl adjacent to an activating group) is 1. The highest BCUT2D eigenvalue weighted by molar-refractivity contribution is 5.91. The maximum atomic E-state index is 12.1. The molecule has 0 aliphatic carbocycles. The van der Waals surface area contributed by atoms with Gasteiger partial charge in [-0.25, -0.2) is 9.67 Å². The molecule has 130 valence electrons. The predicted molar refractivity (Wildman–Crippen MR) is 92.3 cm³/mol. The molecule has 3 rings (SSSR count). The maximum Gasteiger partial charge on any atom is 0.239 e. The first-order valence-electron chi connectivity index (χ1n) is 7.91. The first-order chi connectivity index (χ1) is 12.0. The number of aromatic nitrogens is 4. The number of anilines is 1. The van der Waals surface area contributed by atoms with Crippen molar-refractivity contribution in [2.24, 2.45) is 0 Å². The Hall–Kier alpha value is -3.00. The molecule has 1 atom stereocenters. The van der Waals surface area contributed by atoms with Gasteiger partial charge in [-0.05, 0) is 38.6 Å². The van der Waals surface area contributed by atoms with Crippen molar-refractivity contribution in [1.82, 2.24) is 24.8 Å². The van der Waals surface area contributed by atoms with E-state index in [4.69, 9.17) is 4.52 Å². The Kier molecular flexibility index (Phi) is 4.90. The lowest BCUT2D eigenvalue weighted by molar-refractivity contribution is -0.117. The number of hydrogen-bond acceptors (Lipinski definition) is 6. The van der Waals surface area contributed by atoms with Gasteiger partial charge in [0.05, 0.1) is 12.2 Å². The van der Waals surface area contributed by atoms with Gasteiger partial charge in [-0.3, -0.25) is 9.69 Å². The van der Waals surface area contributed by atoms with E-state index in [9.17, 15) is 4.79 Å². The Morgan fingerprint density at radius 1 is 1.36 bits per heavy atom. The van der Waals surface area contributed by atoms with Gasteiger partial charge in [0.2, 0.25) is 5.91 Å². The summed E-state index contributed by atoms with van der Waals surface area (Å²) < 4.78 is 6.64. The van der Waals surface area contributed by atoms with E-state index in [-0.39, 0.29) is 18.5 Å². The molecule has 0 saturated carbocycles. The van der Waals surface area contributed by atoms with E-state index >= 15 is 0 Å². The van der Waals surface area contributed by atoms with Gasteiger partial charge in [0, 0.05) is 12.1 Å². The van der Waals surface area contributed by atoms with Crippen LogP contribution in [0.15, 0.2) is 47.5 Å². The van der Waals surface area contributed by atoms with Crippen LogP contribution in [0.2, 0.25) is 0 Å². The third-order valence-corrected chi connectivity index (χ3v) is 4.01. The minimum absolute atomic E-state index is 0.0783. The molecule has 8 heteroatoms. The Morgan fingerprint density at radius 2 is 2.12 bits per heavy atom. The normalized spacial score (nSPS) is 12.3. The molecule has 1 aromatic carbocycles. The van der Waals surface area contributed by atoms with Crippen LogP contribution in [-0.2, 0) is 4.79 Å². The summed E-state index contributed by atoms with van der Waals surface area (Å²) in [6.45, 7) is 4.08. The van der Waals surface area contributed by atoms with E-state index < -0.39 is 0 Å². The van der Waals surface area contributed by atoms with Crippen LogP contribution in [0.25, 0.3) is 5.69 Å². The quantitative estimate of drug-likeness (QED) is 0.740. The largest absolute Gasteiger partial charge is 0.360 e. The molecular weight excluding hydrogens is 320 g/mol. The maximum absolute atomic E-state index is 12.1.